The fourth-order valence-electron chi connectivity index (χ4n) is 2.94. The number of nitrogens with one attached hydrogen (secondary N) is 1. The molecule has 2 aromatic rings. The molecule has 2 rings (SSSR count). The van der Waals surface area contributed by atoms with Crippen LogP contribution >= 0.6 is 0 Å². The standard InChI is InChI=1S/C23H32N2O5S/c1-7-18(5)25(23(26)24-20-11-9-16(3)17(4)13-20)15-19-10-12-21(29-6)22(14-19)30-31(27,28)8-2/h9-14,18H,7-8,15H2,1-6H3,(H,24,26). The van der Waals surface area contributed by atoms with Gasteiger partial charge in [-0.2, -0.15) is 8.42 Å². The Labute approximate surface area is 185 Å². The number of hydrogen-bond acceptors (Lipinski definition) is 5. The van der Waals surface area contributed by atoms with Crippen LogP contribution in [0.15, 0.2) is 36.4 Å². The summed E-state index contributed by atoms with van der Waals surface area (Å²) in [5, 5.41) is 2.97. The lowest BCUT2D eigenvalue weighted by Gasteiger charge is -2.29. The number of ether oxygens (including phenoxy) is 1. The Kier molecular flexibility index (Phi) is 8.33. The van der Waals surface area contributed by atoms with Crippen LogP contribution in [-0.2, 0) is 16.7 Å². The molecule has 0 aliphatic heterocycles. The normalized spacial score (nSPS) is 12.2. The first-order valence-electron chi connectivity index (χ1n) is 10.3. The SMILES string of the molecule is CCC(C)N(Cc1ccc(OC)c(OS(=O)(=O)CC)c1)C(=O)Nc1ccc(C)c(C)c1. The number of hydrogen-bond donors (Lipinski definition) is 1. The molecule has 0 spiro atoms. The van der Waals surface area contributed by atoms with Gasteiger partial charge in [0.25, 0.3) is 0 Å². The Morgan fingerprint density at radius 1 is 1.06 bits per heavy atom. The van der Waals surface area contributed by atoms with Crippen LogP contribution in [0.25, 0.3) is 0 Å². The molecule has 0 bridgehead atoms. The van der Waals surface area contributed by atoms with Gasteiger partial charge < -0.3 is 19.1 Å². The van der Waals surface area contributed by atoms with Crippen LogP contribution in [0.4, 0.5) is 10.5 Å². The highest BCUT2D eigenvalue weighted by Crippen LogP contribution is 2.30. The van der Waals surface area contributed by atoms with Gasteiger partial charge in [-0.25, -0.2) is 4.79 Å². The van der Waals surface area contributed by atoms with Crippen molar-refractivity contribution in [2.45, 2.75) is 53.6 Å². The van der Waals surface area contributed by atoms with Gasteiger partial charge >= 0.3 is 16.1 Å². The molecule has 0 aromatic heterocycles. The fraction of sp³-hybridized carbons (Fsp3) is 0.435. The maximum Gasteiger partial charge on any atom is 0.322 e. The van der Waals surface area contributed by atoms with E-state index >= 15 is 0 Å². The van der Waals surface area contributed by atoms with Gasteiger partial charge in [-0.05, 0) is 75.1 Å². The third kappa shape index (κ3) is 6.62. The first-order chi connectivity index (χ1) is 14.6. The Bertz CT molecular complexity index is 1020. The number of rotatable bonds is 9. The van der Waals surface area contributed by atoms with E-state index in [4.69, 9.17) is 8.92 Å². The zero-order chi connectivity index (χ0) is 23.2. The van der Waals surface area contributed by atoms with Crippen LogP contribution in [0.1, 0.15) is 43.9 Å². The van der Waals surface area contributed by atoms with Crippen LogP contribution in [-0.4, -0.2) is 38.3 Å². The van der Waals surface area contributed by atoms with Crippen molar-refractivity contribution < 1.29 is 22.1 Å². The largest absolute Gasteiger partial charge is 0.493 e. The summed E-state index contributed by atoms with van der Waals surface area (Å²) in [7, 11) is -2.26. The number of amides is 2. The van der Waals surface area contributed by atoms with Crippen LogP contribution in [0, 0.1) is 13.8 Å². The van der Waals surface area contributed by atoms with Gasteiger partial charge in [-0.1, -0.05) is 19.1 Å². The quantitative estimate of drug-likeness (QED) is 0.553. The van der Waals surface area contributed by atoms with Crippen molar-refractivity contribution in [1.82, 2.24) is 4.90 Å². The second-order valence-corrected chi connectivity index (χ2v) is 9.39. The molecule has 7 nitrogen and oxygen atoms in total. The number of methoxy groups -OCH3 is 1. The molecule has 0 saturated heterocycles. The van der Waals surface area contributed by atoms with Gasteiger partial charge in [0.15, 0.2) is 11.5 Å². The minimum absolute atomic E-state index is 0.0302. The van der Waals surface area contributed by atoms with Crippen LogP contribution in [0.2, 0.25) is 0 Å². The topological polar surface area (TPSA) is 84.9 Å². The summed E-state index contributed by atoms with van der Waals surface area (Å²) in [6.07, 6.45) is 0.768. The molecule has 0 saturated carbocycles. The van der Waals surface area contributed by atoms with Gasteiger partial charge in [0, 0.05) is 18.3 Å². The zero-order valence-electron chi connectivity index (χ0n) is 19.1. The third-order valence-electron chi connectivity index (χ3n) is 5.29. The Hall–Kier alpha value is -2.74. The molecule has 170 valence electrons. The predicted molar refractivity (Wildman–Crippen MR) is 123 cm³/mol. The molecular weight excluding hydrogens is 416 g/mol. The molecule has 0 radical (unpaired) electrons. The highest BCUT2D eigenvalue weighted by Gasteiger charge is 2.21. The second-order valence-electron chi connectivity index (χ2n) is 7.53. The molecule has 0 heterocycles. The van der Waals surface area contributed by atoms with Crippen molar-refractivity contribution in [3.8, 4) is 11.5 Å². The molecule has 2 amide bonds. The molecule has 1 N–H and O–H groups in total. The minimum Gasteiger partial charge on any atom is -0.493 e. The predicted octanol–water partition coefficient (Wildman–Crippen LogP) is 4.87. The molecule has 0 fully saturated rings. The minimum atomic E-state index is -3.71. The highest BCUT2D eigenvalue weighted by molar-refractivity contribution is 7.87. The van der Waals surface area contributed by atoms with E-state index in [1.807, 2.05) is 45.9 Å². The van der Waals surface area contributed by atoms with Crippen molar-refractivity contribution in [2.75, 3.05) is 18.2 Å². The zero-order valence-corrected chi connectivity index (χ0v) is 19.9. The molecule has 0 aliphatic rings. The molecule has 0 aliphatic carbocycles. The van der Waals surface area contributed by atoms with Crippen molar-refractivity contribution in [3.05, 3.63) is 53.1 Å². The van der Waals surface area contributed by atoms with Crippen LogP contribution in [0.3, 0.4) is 0 Å². The number of aryl methyl sites for hydroxylation is 2. The Balaban J connectivity index is 2.29. The first kappa shape index (κ1) is 24.5. The molecular formula is C23H32N2O5S. The first-order valence-corrected chi connectivity index (χ1v) is 11.9. The number of anilines is 1. The van der Waals surface area contributed by atoms with Gasteiger partial charge in [0.05, 0.1) is 12.9 Å². The van der Waals surface area contributed by atoms with Crippen molar-refractivity contribution in [2.24, 2.45) is 0 Å². The smallest absolute Gasteiger partial charge is 0.322 e. The van der Waals surface area contributed by atoms with E-state index in [1.165, 1.54) is 14.0 Å². The average Bonchev–Trinajstić information content (AvgIpc) is 2.74. The van der Waals surface area contributed by atoms with E-state index in [9.17, 15) is 13.2 Å². The van der Waals surface area contributed by atoms with Crippen molar-refractivity contribution >= 4 is 21.8 Å². The van der Waals surface area contributed by atoms with Gasteiger partial charge in [0.2, 0.25) is 0 Å². The second kappa shape index (κ2) is 10.5. The molecule has 31 heavy (non-hydrogen) atoms. The Morgan fingerprint density at radius 3 is 2.35 bits per heavy atom. The van der Waals surface area contributed by atoms with Gasteiger partial charge in [-0.15, -0.1) is 0 Å². The summed E-state index contributed by atoms with van der Waals surface area (Å²) < 4.78 is 34.3. The number of carbonyl (C=O) groups is 1. The Morgan fingerprint density at radius 2 is 1.77 bits per heavy atom. The van der Waals surface area contributed by atoms with Crippen molar-refractivity contribution in [1.29, 1.82) is 0 Å². The van der Waals surface area contributed by atoms with E-state index in [0.717, 1.165) is 28.8 Å². The summed E-state index contributed by atoms with van der Waals surface area (Å²) in [5.74, 6) is 0.272. The molecule has 1 atom stereocenters. The van der Waals surface area contributed by atoms with E-state index < -0.39 is 10.1 Å². The highest BCUT2D eigenvalue weighted by atomic mass is 32.2. The maximum absolute atomic E-state index is 13.1. The maximum atomic E-state index is 13.1. The summed E-state index contributed by atoms with van der Waals surface area (Å²) in [4.78, 5) is 14.8. The van der Waals surface area contributed by atoms with Crippen molar-refractivity contribution in [3.63, 3.8) is 0 Å². The lowest BCUT2D eigenvalue weighted by Crippen LogP contribution is -2.40. The monoisotopic (exact) mass is 448 g/mol. The molecule has 2 aromatic carbocycles. The number of carbonyl (C=O) groups excluding carboxylic acids is 1. The number of urea groups is 1. The number of benzene rings is 2. The van der Waals surface area contributed by atoms with Crippen LogP contribution < -0.4 is 14.2 Å². The molecule has 8 heteroatoms. The lowest BCUT2D eigenvalue weighted by atomic mass is 10.1. The van der Waals surface area contributed by atoms with E-state index in [2.05, 4.69) is 5.32 Å². The van der Waals surface area contributed by atoms with Crippen LogP contribution in [0.5, 0.6) is 11.5 Å². The summed E-state index contributed by atoms with van der Waals surface area (Å²) in [6.45, 7) is 9.81. The summed E-state index contributed by atoms with van der Waals surface area (Å²) >= 11 is 0. The van der Waals surface area contributed by atoms with E-state index in [0.29, 0.717) is 5.75 Å². The lowest BCUT2D eigenvalue weighted by molar-refractivity contribution is 0.187. The fourth-order valence-corrected chi connectivity index (χ4v) is 3.46. The summed E-state index contributed by atoms with van der Waals surface area (Å²) in [6, 6.07) is 10.6. The third-order valence-corrected chi connectivity index (χ3v) is 6.43. The van der Waals surface area contributed by atoms with Gasteiger partial charge in [-0.3, -0.25) is 0 Å². The molecule has 1 unspecified atom stereocenters. The van der Waals surface area contributed by atoms with E-state index in [-0.39, 0.29) is 30.1 Å². The number of nitrogens with zero attached hydrogens (tertiary/aromatic N) is 1. The summed E-state index contributed by atoms with van der Waals surface area (Å²) in [5.41, 5.74) is 3.72. The average molecular weight is 449 g/mol. The van der Waals surface area contributed by atoms with E-state index in [1.54, 1.807) is 23.1 Å². The van der Waals surface area contributed by atoms with Gasteiger partial charge in [0.1, 0.15) is 0 Å².